The molecule has 112 valence electrons. The van der Waals surface area contributed by atoms with Crippen LogP contribution in [0.4, 0.5) is 0 Å². The lowest BCUT2D eigenvalue weighted by atomic mass is 10.0. The van der Waals surface area contributed by atoms with Crippen LogP contribution in [0.25, 0.3) is 0 Å². The molecular formula is C15H20Cl2O3. The molecule has 1 aromatic carbocycles. The van der Waals surface area contributed by atoms with Gasteiger partial charge in [0.15, 0.2) is 0 Å². The van der Waals surface area contributed by atoms with Crippen LogP contribution in [0.3, 0.4) is 0 Å². The van der Waals surface area contributed by atoms with Crippen molar-refractivity contribution in [1.82, 2.24) is 0 Å². The number of ether oxygens (including phenoxy) is 3. The summed E-state index contributed by atoms with van der Waals surface area (Å²) in [7, 11) is 3.17. The van der Waals surface area contributed by atoms with Crippen molar-refractivity contribution in [3.63, 3.8) is 0 Å². The van der Waals surface area contributed by atoms with Gasteiger partial charge in [-0.2, -0.15) is 0 Å². The number of methoxy groups -OCH3 is 2. The fraction of sp³-hybridized carbons (Fsp3) is 0.600. The lowest BCUT2D eigenvalue weighted by Gasteiger charge is -2.18. The molecule has 0 aliphatic carbocycles. The van der Waals surface area contributed by atoms with Crippen LogP contribution in [0.2, 0.25) is 5.02 Å². The summed E-state index contributed by atoms with van der Waals surface area (Å²) < 4.78 is 16.2. The van der Waals surface area contributed by atoms with Gasteiger partial charge in [0, 0.05) is 12.2 Å². The van der Waals surface area contributed by atoms with Crippen molar-refractivity contribution in [1.29, 1.82) is 0 Å². The van der Waals surface area contributed by atoms with Gasteiger partial charge >= 0.3 is 0 Å². The topological polar surface area (TPSA) is 27.7 Å². The standard InChI is InChI=1S/C15H20Cl2O3/c1-18-13-8-6-11(15(19-2)14(13)17)12(16)7-5-10-4-3-9-20-10/h6,8,10,12H,3-5,7,9H2,1-2H3. The first-order valence-corrected chi connectivity index (χ1v) is 7.64. The Hall–Kier alpha value is -0.640. The van der Waals surface area contributed by atoms with Gasteiger partial charge in [0.1, 0.15) is 16.5 Å². The van der Waals surface area contributed by atoms with E-state index in [2.05, 4.69) is 0 Å². The summed E-state index contributed by atoms with van der Waals surface area (Å²) in [4.78, 5) is 0. The van der Waals surface area contributed by atoms with Crippen LogP contribution in [-0.4, -0.2) is 26.9 Å². The third-order valence-electron chi connectivity index (χ3n) is 3.62. The molecule has 2 unspecified atom stereocenters. The van der Waals surface area contributed by atoms with Crippen molar-refractivity contribution in [3.05, 3.63) is 22.7 Å². The first-order valence-electron chi connectivity index (χ1n) is 6.83. The highest BCUT2D eigenvalue weighted by Gasteiger charge is 2.22. The molecule has 0 aromatic heterocycles. The van der Waals surface area contributed by atoms with Crippen LogP contribution in [0.1, 0.15) is 36.6 Å². The lowest BCUT2D eigenvalue weighted by molar-refractivity contribution is 0.102. The first-order chi connectivity index (χ1) is 9.67. The molecule has 1 aromatic rings. The lowest BCUT2D eigenvalue weighted by Crippen LogP contribution is -2.06. The fourth-order valence-corrected chi connectivity index (χ4v) is 3.15. The van der Waals surface area contributed by atoms with E-state index in [4.69, 9.17) is 37.4 Å². The molecule has 20 heavy (non-hydrogen) atoms. The third-order valence-corrected chi connectivity index (χ3v) is 4.43. The maximum absolute atomic E-state index is 6.50. The summed E-state index contributed by atoms with van der Waals surface area (Å²) in [5, 5.41) is 0.327. The number of rotatable bonds is 6. The van der Waals surface area contributed by atoms with Crippen molar-refractivity contribution >= 4 is 23.2 Å². The molecule has 0 radical (unpaired) electrons. The molecule has 1 aliphatic rings. The van der Waals surface area contributed by atoms with E-state index < -0.39 is 0 Å². The average Bonchev–Trinajstić information content (AvgIpc) is 2.97. The summed E-state index contributed by atoms with van der Waals surface area (Å²) in [5.41, 5.74) is 0.901. The average molecular weight is 319 g/mol. The molecular weight excluding hydrogens is 299 g/mol. The SMILES string of the molecule is COc1ccc(C(Cl)CCC2CCCO2)c(OC)c1Cl. The Bertz CT molecular complexity index is 445. The minimum atomic E-state index is -0.141. The van der Waals surface area contributed by atoms with Crippen LogP contribution in [-0.2, 0) is 4.74 Å². The monoisotopic (exact) mass is 318 g/mol. The van der Waals surface area contributed by atoms with Gasteiger partial charge in [0.05, 0.1) is 25.7 Å². The Kier molecular flexibility index (Phi) is 5.82. The van der Waals surface area contributed by atoms with E-state index in [0.29, 0.717) is 22.6 Å². The molecule has 0 amide bonds. The van der Waals surface area contributed by atoms with Crippen molar-refractivity contribution in [2.24, 2.45) is 0 Å². The second kappa shape index (κ2) is 7.39. The quantitative estimate of drug-likeness (QED) is 0.717. The Morgan fingerprint density at radius 2 is 2.15 bits per heavy atom. The van der Waals surface area contributed by atoms with Crippen molar-refractivity contribution in [2.45, 2.75) is 37.2 Å². The summed E-state index contributed by atoms with van der Waals surface area (Å²) in [6, 6.07) is 3.73. The van der Waals surface area contributed by atoms with E-state index in [0.717, 1.165) is 37.9 Å². The first kappa shape index (κ1) is 15.7. The highest BCUT2D eigenvalue weighted by molar-refractivity contribution is 6.34. The van der Waals surface area contributed by atoms with Gasteiger partial charge in [-0.15, -0.1) is 11.6 Å². The Labute approximate surface area is 130 Å². The molecule has 0 saturated carbocycles. The highest BCUT2D eigenvalue weighted by atomic mass is 35.5. The van der Waals surface area contributed by atoms with Gasteiger partial charge in [-0.1, -0.05) is 17.7 Å². The zero-order chi connectivity index (χ0) is 14.5. The van der Waals surface area contributed by atoms with E-state index in [-0.39, 0.29) is 5.38 Å². The summed E-state index contributed by atoms with van der Waals surface area (Å²) in [6.07, 6.45) is 4.42. The van der Waals surface area contributed by atoms with E-state index >= 15 is 0 Å². The fourth-order valence-electron chi connectivity index (χ4n) is 2.52. The summed E-state index contributed by atoms with van der Waals surface area (Å²) in [5.74, 6) is 1.19. The predicted molar refractivity (Wildman–Crippen MR) is 81.4 cm³/mol. The summed E-state index contributed by atoms with van der Waals surface area (Å²) in [6.45, 7) is 0.870. The predicted octanol–water partition coefficient (Wildman–Crippen LogP) is 4.60. The smallest absolute Gasteiger partial charge is 0.145 e. The van der Waals surface area contributed by atoms with Gasteiger partial charge < -0.3 is 14.2 Å². The molecule has 1 saturated heterocycles. The Morgan fingerprint density at radius 3 is 2.75 bits per heavy atom. The number of hydrogen-bond acceptors (Lipinski definition) is 3. The van der Waals surface area contributed by atoms with Crippen LogP contribution >= 0.6 is 23.2 Å². The van der Waals surface area contributed by atoms with Crippen molar-refractivity contribution in [2.75, 3.05) is 20.8 Å². The van der Waals surface area contributed by atoms with Gasteiger partial charge in [0.25, 0.3) is 0 Å². The molecule has 1 aliphatic heterocycles. The molecule has 1 fully saturated rings. The second-order valence-electron chi connectivity index (χ2n) is 4.88. The van der Waals surface area contributed by atoms with Crippen LogP contribution < -0.4 is 9.47 Å². The number of benzene rings is 1. The molecule has 0 spiro atoms. The van der Waals surface area contributed by atoms with E-state index in [1.54, 1.807) is 14.2 Å². The van der Waals surface area contributed by atoms with E-state index in [1.807, 2.05) is 12.1 Å². The number of hydrogen-bond donors (Lipinski definition) is 0. The van der Waals surface area contributed by atoms with Crippen molar-refractivity contribution in [3.8, 4) is 11.5 Å². The largest absolute Gasteiger partial charge is 0.495 e. The number of halogens is 2. The molecule has 2 atom stereocenters. The highest BCUT2D eigenvalue weighted by Crippen LogP contribution is 2.42. The second-order valence-corrected chi connectivity index (χ2v) is 5.79. The molecule has 2 rings (SSSR count). The zero-order valence-corrected chi connectivity index (χ0v) is 13.3. The maximum Gasteiger partial charge on any atom is 0.145 e. The van der Waals surface area contributed by atoms with Gasteiger partial charge in [-0.3, -0.25) is 0 Å². The zero-order valence-electron chi connectivity index (χ0n) is 11.8. The van der Waals surface area contributed by atoms with Gasteiger partial charge in [-0.25, -0.2) is 0 Å². The Morgan fingerprint density at radius 1 is 1.35 bits per heavy atom. The van der Waals surface area contributed by atoms with Gasteiger partial charge in [0.2, 0.25) is 0 Å². The van der Waals surface area contributed by atoms with E-state index in [1.165, 1.54) is 0 Å². The molecule has 3 nitrogen and oxygen atoms in total. The Balaban J connectivity index is 2.08. The minimum absolute atomic E-state index is 0.141. The molecule has 0 N–H and O–H groups in total. The van der Waals surface area contributed by atoms with E-state index in [9.17, 15) is 0 Å². The van der Waals surface area contributed by atoms with Crippen LogP contribution in [0.15, 0.2) is 12.1 Å². The number of alkyl halides is 1. The van der Waals surface area contributed by atoms with Crippen LogP contribution in [0.5, 0.6) is 11.5 Å². The third kappa shape index (κ3) is 3.51. The van der Waals surface area contributed by atoms with Crippen LogP contribution in [0, 0.1) is 0 Å². The minimum Gasteiger partial charge on any atom is -0.495 e. The molecule has 0 bridgehead atoms. The van der Waals surface area contributed by atoms with Gasteiger partial charge in [-0.05, 0) is 31.7 Å². The molecule has 5 heteroatoms. The normalized spacial score (nSPS) is 19.9. The molecule has 1 heterocycles. The summed E-state index contributed by atoms with van der Waals surface area (Å²) >= 11 is 12.8. The maximum atomic E-state index is 6.50. The van der Waals surface area contributed by atoms with Crippen molar-refractivity contribution < 1.29 is 14.2 Å².